The third-order valence-electron chi connectivity index (χ3n) is 1.66. The van der Waals surface area contributed by atoms with E-state index in [-0.39, 0.29) is 5.75 Å². The van der Waals surface area contributed by atoms with Crippen LogP contribution in [-0.2, 0) is 4.79 Å². The van der Waals surface area contributed by atoms with Gasteiger partial charge in [0.2, 0.25) is 0 Å². The molecule has 0 fully saturated rings. The van der Waals surface area contributed by atoms with Crippen LogP contribution in [0.25, 0.3) is 0 Å². The number of carbonyl (C=O) groups excluding carboxylic acids is 1. The maximum Gasteiger partial charge on any atom is 0.342 e. The van der Waals surface area contributed by atoms with Crippen molar-refractivity contribution in [1.29, 1.82) is 0 Å². The molecule has 0 aliphatic rings. The van der Waals surface area contributed by atoms with Gasteiger partial charge in [-0.3, -0.25) is 14.9 Å². The minimum Gasteiger partial charge on any atom is -0.477 e. The number of nitro groups is 1. The maximum absolute atomic E-state index is 10.6. The zero-order valence-corrected chi connectivity index (χ0v) is 8.17. The molecule has 7 heteroatoms. The smallest absolute Gasteiger partial charge is 0.342 e. The first-order valence-corrected chi connectivity index (χ1v) is 4.12. The predicted molar refractivity (Wildman–Crippen MR) is 51.4 cm³/mol. The van der Waals surface area contributed by atoms with Crippen molar-refractivity contribution in [2.45, 2.75) is 6.92 Å². The van der Waals surface area contributed by atoms with Crippen LogP contribution in [0.3, 0.4) is 0 Å². The van der Waals surface area contributed by atoms with E-state index in [0.717, 1.165) is 19.1 Å². The first kappa shape index (κ1) is 11.6. The number of carbonyl (C=O) groups is 2. The lowest BCUT2D eigenvalue weighted by Gasteiger charge is -2.02. The number of benzene rings is 1. The molecule has 1 N–H and O–H groups in total. The number of ether oxygens (including phenoxy) is 1. The molecule has 0 aliphatic heterocycles. The summed E-state index contributed by atoms with van der Waals surface area (Å²) < 4.78 is 4.60. The first-order chi connectivity index (χ1) is 7.41. The molecule has 0 amide bonds. The normalized spacial score (nSPS) is 9.56. The van der Waals surface area contributed by atoms with Crippen molar-refractivity contribution < 1.29 is 24.4 Å². The molecule has 0 aliphatic carbocycles. The minimum atomic E-state index is -1.42. The molecule has 0 saturated carbocycles. The fourth-order valence-electron chi connectivity index (χ4n) is 1.07. The van der Waals surface area contributed by atoms with Gasteiger partial charge in [-0.1, -0.05) is 0 Å². The van der Waals surface area contributed by atoms with Gasteiger partial charge in [0.25, 0.3) is 5.69 Å². The fourth-order valence-corrected chi connectivity index (χ4v) is 1.07. The zero-order chi connectivity index (χ0) is 12.3. The van der Waals surface area contributed by atoms with Gasteiger partial charge in [0.05, 0.1) is 11.0 Å². The lowest BCUT2D eigenvalue weighted by Crippen LogP contribution is -2.05. The van der Waals surface area contributed by atoms with E-state index in [1.807, 2.05) is 0 Å². The highest BCUT2D eigenvalue weighted by atomic mass is 16.6. The van der Waals surface area contributed by atoms with Crippen LogP contribution in [0.4, 0.5) is 5.69 Å². The summed E-state index contributed by atoms with van der Waals surface area (Å²) in [6.07, 6.45) is 0. The number of carboxylic acids is 1. The second kappa shape index (κ2) is 4.39. The molecule has 84 valence electrons. The van der Waals surface area contributed by atoms with Crippen molar-refractivity contribution >= 4 is 17.6 Å². The Bertz CT molecular complexity index is 467. The molecule has 0 heterocycles. The number of hydrogen-bond acceptors (Lipinski definition) is 5. The largest absolute Gasteiger partial charge is 0.477 e. The van der Waals surface area contributed by atoms with Crippen molar-refractivity contribution in [1.82, 2.24) is 0 Å². The van der Waals surface area contributed by atoms with Gasteiger partial charge >= 0.3 is 11.9 Å². The summed E-state index contributed by atoms with van der Waals surface area (Å²) in [6.45, 7) is 1.14. The quantitative estimate of drug-likeness (QED) is 0.358. The highest BCUT2D eigenvalue weighted by molar-refractivity contribution is 5.92. The van der Waals surface area contributed by atoms with Crippen LogP contribution in [0.15, 0.2) is 18.2 Å². The van der Waals surface area contributed by atoms with E-state index in [1.165, 1.54) is 6.07 Å². The van der Waals surface area contributed by atoms with Crippen LogP contribution in [0.2, 0.25) is 0 Å². The van der Waals surface area contributed by atoms with Gasteiger partial charge in [-0.15, -0.1) is 0 Å². The van der Waals surface area contributed by atoms with E-state index < -0.39 is 28.1 Å². The summed E-state index contributed by atoms with van der Waals surface area (Å²) in [7, 11) is 0. The topological polar surface area (TPSA) is 107 Å². The number of rotatable bonds is 3. The van der Waals surface area contributed by atoms with Gasteiger partial charge in [0.15, 0.2) is 0 Å². The molecule has 0 unspecified atom stereocenters. The monoisotopic (exact) mass is 225 g/mol. The zero-order valence-electron chi connectivity index (χ0n) is 8.17. The summed E-state index contributed by atoms with van der Waals surface area (Å²) in [5.74, 6) is -2.12. The van der Waals surface area contributed by atoms with E-state index in [9.17, 15) is 19.7 Å². The summed E-state index contributed by atoms with van der Waals surface area (Å²) >= 11 is 0. The Morgan fingerprint density at radius 1 is 1.44 bits per heavy atom. The number of hydrogen-bond donors (Lipinski definition) is 1. The molecule has 1 aromatic rings. The van der Waals surface area contributed by atoms with Gasteiger partial charge in [0.1, 0.15) is 11.3 Å². The molecule has 1 aromatic carbocycles. The van der Waals surface area contributed by atoms with E-state index in [1.54, 1.807) is 0 Å². The highest BCUT2D eigenvalue weighted by Gasteiger charge is 2.20. The van der Waals surface area contributed by atoms with Crippen molar-refractivity contribution in [3.8, 4) is 5.75 Å². The van der Waals surface area contributed by atoms with E-state index in [0.29, 0.717) is 0 Å². The highest BCUT2D eigenvalue weighted by Crippen LogP contribution is 2.24. The first-order valence-electron chi connectivity index (χ1n) is 4.12. The van der Waals surface area contributed by atoms with Gasteiger partial charge in [-0.05, 0) is 12.1 Å². The fraction of sp³-hybridized carbons (Fsp3) is 0.111. The second-order valence-corrected chi connectivity index (χ2v) is 2.83. The average molecular weight is 225 g/mol. The van der Waals surface area contributed by atoms with E-state index in [4.69, 9.17) is 5.11 Å². The number of nitrogens with zero attached hydrogens (tertiary/aromatic N) is 1. The van der Waals surface area contributed by atoms with Gasteiger partial charge in [0, 0.05) is 6.92 Å². The molecular formula is C9H7NO6. The van der Waals surface area contributed by atoms with Gasteiger partial charge in [-0.25, -0.2) is 4.79 Å². The molecule has 0 saturated heterocycles. The van der Waals surface area contributed by atoms with Crippen LogP contribution in [0.1, 0.15) is 17.3 Å². The second-order valence-electron chi connectivity index (χ2n) is 2.83. The Balaban J connectivity index is 3.22. The SMILES string of the molecule is CC(=O)Oc1ccc(C(=O)O)c([N+](=O)[O-])c1. The Kier molecular flexibility index (Phi) is 3.19. The number of aromatic carboxylic acids is 1. The predicted octanol–water partition coefficient (Wildman–Crippen LogP) is 1.22. The molecular weight excluding hydrogens is 218 g/mol. The molecule has 0 spiro atoms. The number of carboxylic acid groups (broad SMARTS) is 1. The molecule has 0 radical (unpaired) electrons. The molecule has 0 bridgehead atoms. The van der Waals surface area contributed by atoms with Crippen LogP contribution >= 0.6 is 0 Å². The van der Waals surface area contributed by atoms with E-state index in [2.05, 4.69) is 4.74 Å². The maximum atomic E-state index is 10.6. The Morgan fingerprint density at radius 3 is 2.50 bits per heavy atom. The Morgan fingerprint density at radius 2 is 2.06 bits per heavy atom. The van der Waals surface area contributed by atoms with Crippen LogP contribution in [-0.4, -0.2) is 22.0 Å². The molecule has 7 nitrogen and oxygen atoms in total. The lowest BCUT2D eigenvalue weighted by molar-refractivity contribution is -0.385. The van der Waals surface area contributed by atoms with Crippen molar-refractivity contribution in [2.24, 2.45) is 0 Å². The Hall–Kier alpha value is -2.44. The van der Waals surface area contributed by atoms with Crippen molar-refractivity contribution in [3.05, 3.63) is 33.9 Å². The Labute approximate surface area is 89.4 Å². The van der Waals surface area contributed by atoms with E-state index >= 15 is 0 Å². The summed E-state index contributed by atoms with van der Waals surface area (Å²) in [5, 5.41) is 19.2. The summed E-state index contributed by atoms with van der Waals surface area (Å²) in [4.78, 5) is 31.0. The van der Waals surface area contributed by atoms with Crippen LogP contribution in [0.5, 0.6) is 5.75 Å². The molecule has 0 aromatic heterocycles. The standard InChI is InChI=1S/C9H7NO6/c1-5(11)16-6-2-3-7(9(12)13)8(4-6)10(14)15/h2-4H,1H3,(H,12,13). The van der Waals surface area contributed by atoms with Gasteiger partial charge in [-0.2, -0.15) is 0 Å². The molecule has 0 atom stereocenters. The summed E-state index contributed by atoms with van der Waals surface area (Å²) in [6, 6.07) is 3.08. The van der Waals surface area contributed by atoms with Gasteiger partial charge < -0.3 is 9.84 Å². The van der Waals surface area contributed by atoms with Crippen LogP contribution in [0, 0.1) is 10.1 Å². The van der Waals surface area contributed by atoms with Crippen molar-refractivity contribution in [3.63, 3.8) is 0 Å². The molecule has 16 heavy (non-hydrogen) atoms. The number of nitro benzene ring substituents is 1. The average Bonchev–Trinajstić information content (AvgIpc) is 2.16. The van der Waals surface area contributed by atoms with Crippen molar-refractivity contribution in [2.75, 3.05) is 0 Å². The third kappa shape index (κ3) is 2.53. The van der Waals surface area contributed by atoms with Crippen LogP contribution < -0.4 is 4.74 Å². The number of esters is 1. The third-order valence-corrected chi connectivity index (χ3v) is 1.66. The lowest BCUT2D eigenvalue weighted by atomic mass is 10.2. The minimum absolute atomic E-state index is 0.0656. The molecule has 1 rings (SSSR count). The summed E-state index contributed by atoms with van der Waals surface area (Å²) in [5.41, 5.74) is -1.08.